The van der Waals surface area contributed by atoms with Crippen molar-refractivity contribution in [2.24, 2.45) is 10.7 Å². The highest BCUT2D eigenvalue weighted by Crippen LogP contribution is 2.47. The third-order valence-electron chi connectivity index (χ3n) is 4.37. The average molecular weight is 340 g/mol. The zero-order valence-electron chi connectivity index (χ0n) is 12.6. The maximum absolute atomic E-state index is 13.3. The van der Waals surface area contributed by atoms with Crippen molar-refractivity contribution >= 4 is 22.7 Å². The van der Waals surface area contributed by atoms with Crippen LogP contribution < -0.4 is 5.73 Å². The highest BCUT2D eigenvalue weighted by atomic mass is 32.2. The van der Waals surface area contributed by atoms with Crippen LogP contribution in [-0.2, 0) is 4.79 Å². The largest absolute Gasteiger partial charge is 0.383 e. The molecule has 4 rings (SSSR count). The number of nitriles is 1. The van der Waals surface area contributed by atoms with E-state index in [1.54, 1.807) is 17.0 Å². The van der Waals surface area contributed by atoms with E-state index in [0.717, 1.165) is 24.1 Å². The molecule has 0 amide bonds. The summed E-state index contributed by atoms with van der Waals surface area (Å²) in [5.74, 6) is -0.0123. The van der Waals surface area contributed by atoms with Crippen molar-refractivity contribution in [1.82, 2.24) is 4.90 Å². The summed E-state index contributed by atoms with van der Waals surface area (Å²) in [5.41, 5.74) is 8.27. The van der Waals surface area contributed by atoms with Gasteiger partial charge in [-0.05, 0) is 42.3 Å². The number of fused-ring (bicyclic) bond motifs is 1. The molecule has 5 nitrogen and oxygen atoms in total. The number of Topliss-reactive ketones (excluding diaryl/α,β-unsaturated/α-hetero) is 1. The molecule has 0 saturated heterocycles. The van der Waals surface area contributed by atoms with Crippen LogP contribution in [0.5, 0.6) is 0 Å². The Kier molecular flexibility index (Phi) is 3.43. The first kappa shape index (κ1) is 15.0. The Balaban J connectivity index is 1.91. The number of hydrogen-bond donors (Lipinski definition) is 1. The van der Waals surface area contributed by atoms with Crippen LogP contribution in [0.3, 0.4) is 0 Å². The summed E-state index contributed by atoms with van der Waals surface area (Å²) in [7, 11) is 0. The van der Waals surface area contributed by atoms with Gasteiger partial charge in [-0.2, -0.15) is 5.26 Å². The van der Waals surface area contributed by atoms with Crippen LogP contribution in [0.15, 0.2) is 51.3 Å². The standard InChI is InChI=1S/C17H13FN4OS/c18-10-6-4-9(5-7-10)15-14-11(2-1-3-12(14)23)21-17-22(15)16(20)13(8-19)24-17/h4-7,15H,1-3,20H2. The molecule has 1 aromatic carbocycles. The summed E-state index contributed by atoms with van der Waals surface area (Å²) in [6.07, 6.45) is 1.96. The number of carbonyl (C=O) groups is 1. The molecule has 3 aliphatic rings. The summed E-state index contributed by atoms with van der Waals surface area (Å²) >= 11 is 1.21. The fraction of sp³-hybridized carbons (Fsp3) is 0.235. The molecule has 1 unspecified atom stereocenters. The van der Waals surface area contributed by atoms with Gasteiger partial charge in [-0.25, -0.2) is 9.38 Å². The molecule has 0 saturated carbocycles. The maximum atomic E-state index is 13.3. The molecular weight excluding hydrogens is 327 g/mol. The van der Waals surface area contributed by atoms with Gasteiger partial charge in [-0.1, -0.05) is 12.1 Å². The van der Waals surface area contributed by atoms with E-state index in [9.17, 15) is 14.4 Å². The second kappa shape index (κ2) is 5.49. The molecule has 24 heavy (non-hydrogen) atoms. The van der Waals surface area contributed by atoms with Gasteiger partial charge in [-0.3, -0.25) is 9.69 Å². The van der Waals surface area contributed by atoms with E-state index in [0.29, 0.717) is 27.9 Å². The minimum atomic E-state index is -0.459. The highest BCUT2D eigenvalue weighted by molar-refractivity contribution is 8.17. The minimum Gasteiger partial charge on any atom is -0.383 e. The number of allylic oxidation sites excluding steroid dienone is 2. The second-order valence-corrected chi connectivity index (χ2v) is 6.76. The lowest BCUT2D eigenvalue weighted by Gasteiger charge is -2.37. The van der Waals surface area contributed by atoms with Crippen LogP contribution in [0.25, 0.3) is 0 Å². The van der Waals surface area contributed by atoms with Crippen molar-refractivity contribution in [2.45, 2.75) is 25.3 Å². The SMILES string of the molecule is N#CC1=C(N)N2C(=NC3=C(C(=O)CCC3)C2c2ccc(F)cc2)S1. The average Bonchev–Trinajstić information content (AvgIpc) is 2.90. The van der Waals surface area contributed by atoms with Crippen molar-refractivity contribution in [3.63, 3.8) is 0 Å². The Hall–Kier alpha value is -2.59. The molecular formula is C17H13FN4OS. The maximum Gasteiger partial charge on any atom is 0.176 e. The Bertz CT molecular complexity index is 879. The number of carbonyl (C=O) groups excluding carboxylic acids is 1. The predicted octanol–water partition coefficient (Wildman–Crippen LogP) is 2.94. The molecule has 0 bridgehead atoms. The highest BCUT2D eigenvalue weighted by Gasteiger charge is 2.43. The monoisotopic (exact) mass is 340 g/mol. The van der Waals surface area contributed by atoms with Crippen LogP contribution in [-0.4, -0.2) is 15.9 Å². The first-order valence-electron chi connectivity index (χ1n) is 7.57. The molecule has 120 valence electrons. The summed E-state index contributed by atoms with van der Waals surface area (Å²) in [6.45, 7) is 0. The number of rotatable bonds is 1. The van der Waals surface area contributed by atoms with E-state index in [2.05, 4.69) is 11.1 Å². The first-order valence-corrected chi connectivity index (χ1v) is 8.39. The molecule has 2 aliphatic heterocycles. The number of halogens is 1. The van der Waals surface area contributed by atoms with Gasteiger partial charge in [0.2, 0.25) is 0 Å². The molecule has 1 atom stereocenters. The molecule has 0 spiro atoms. The van der Waals surface area contributed by atoms with Gasteiger partial charge in [0, 0.05) is 12.0 Å². The number of amidine groups is 1. The van der Waals surface area contributed by atoms with Crippen LogP contribution >= 0.6 is 11.8 Å². The zero-order valence-corrected chi connectivity index (χ0v) is 13.4. The number of aliphatic imine (C=N–C) groups is 1. The molecule has 7 heteroatoms. The van der Waals surface area contributed by atoms with Gasteiger partial charge in [0.25, 0.3) is 0 Å². The fourth-order valence-corrected chi connectivity index (χ4v) is 4.18. The van der Waals surface area contributed by atoms with Crippen molar-refractivity contribution < 1.29 is 9.18 Å². The molecule has 1 aromatic rings. The second-order valence-electron chi connectivity index (χ2n) is 5.78. The number of thioether (sulfide) groups is 1. The summed E-state index contributed by atoms with van der Waals surface area (Å²) in [4.78, 5) is 19.2. The van der Waals surface area contributed by atoms with Crippen LogP contribution in [0.4, 0.5) is 4.39 Å². The van der Waals surface area contributed by atoms with Crippen LogP contribution in [0, 0.1) is 17.1 Å². The molecule has 0 aromatic heterocycles. The Labute approximate surface area is 142 Å². The van der Waals surface area contributed by atoms with Crippen molar-refractivity contribution in [3.05, 3.63) is 57.6 Å². The van der Waals surface area contributed by atoms with Crippen molar-refractivity contribution in [3.8, 4) is 6.07 Å². The number of benzene rings is 1. The minimum absolute atomic E-state index is 0.0385. The fourth-order valence-electron chi connectivity index (χ4n) is 3.29. The molecule has 0 radical (unpaired) electrons. The zero-order chi connectivity index (χ0) is 16.8. The summed E-state index contributed by atoms with van der Waals surface area (Å²) in [5, 5.41) is 9.87. The predicted molar refractivity (Wildman–Crippen MR) is 88.7 cm³/mol. The molecule has 1 aliphatic carbocycles. The lowest BCUT2D eigenvalue weighted by Crippen LogP contribution is -2.39. The van der Waals surface area contributed by atoms with Gasteiger partial charge < -0.3 is 5.73 Å². The van der Waals surface area contributed by atoms with Gasteiger partial charge in [-0.15, -0.1) is 0 Å². The Morgan fingerprint density at radius 3 is 2.79 bits per heavy atom. The lowest BCUT2D eigenvalue weighted by atomic mass is 9.85. The molecule has 2 N–H and O–H groups in total. The number of nitrogens with two attached hydrogens (primary N) is 1. The smallest absolute Gasteiger partial charge is 0.176 e. The number of hydrogen-bond acceptors (Lipinski definition) is 6. The van der Waals surface area contributed by atoms with Crippen LogP contribution in [0.2, 0.25) is 0 Å². The normalized spacial score (nSPS) is 23.0. The van der Waals surface area contributed by atoms with E-state index >= 15 is 0 Å². The third kappa shape index (κ3) is 2.14. The topological polar surface area (TPSA) is 82.5 Å². The van der Waals surface area contributed by atoms with Gasteiger partial charge in [0.05, 0.1) is 11.7 Å². The first-order chi connectivity index (χ1) is 11.6. The van der Waals surface area contributed by atoms with E-state index in [-0.39, 0.29) is 11.6 Å². The molecule has 2 heterocycles. The van der Waals surface area contributed by atoms with Crippen molar-refractivity contribution in [1.29, 1.82) is 5.26 Å². The summed E-state index contributed by atoms with van der Waals surface area (Å²) < 4.78 is 13.3. The van der Waals surface area contributed by atoms with Crippen LogP contribution in [0.1, 0.15) is 30.9 Å². The summed E-state index contributed by atoms with van der Waals surface area (Å²) in [6, 6.07) is 7.64. The quantitative estimate of drug-likeness (QED) is 0.850. The molecule has 0 fully saturated rings. The third-order valence-corrected chi connectivity index (χ3v) is 5.34. The van der Waals surface area contributed by atoms with Crippen molar-refractivity contribution in [2.75, 3.05) is 0 Å². The number of nitrogens with zero attached hydrogens (tertiary/aromatic N) is 3. The van der Waals surface area contributed by atoms with E-state index in [4.69, 9.17) is 5.73 Å². The van der Waals surface area contributed by atoms with E-state index < -0.39 is 6.04 Å². The van der Waals surface area contributed by atoms with Gasteiger partial charge in [0.15, 0.2) is 11.0 Å². The van der Waals surface area contributed by atoms with E-state index in [1.165, 1.54) is 23.9 Å². The van der Waals surface area contributed by atoms with Gasteiger partial charge >= 0.3 is 0 Å². The van der Waals surface area contributed by atoms with Gasteiger partial charge in [0.1, 0.15) is 22.6 Å². The lowest BCUT2D eigenvalue weighted by molar-refractivity contribution is -0.116. The Morgan fingerprint density at radius 2 is 2.08 bits per heavy atom. The number of ketones is 1. The Morgan fingerprint density at radius 1 is 1.33 bits per heavy atom. The van der Waals surface area contributed by atoms with E-state index in [1.807, 2.05) is 0 Å².